The number of nitrogens with one attached hydrogen (secondary N) is 2. The minimum Gasteiger partial charge on any atom is -0.381 e. The lowest BCUT2D eigenvalue weighted by Gasteiger charge is -2.39. The zero-order valence-electron chi connectivity index (χ0n) is 14.7. The molecule has 6 heteroatoms. The molecule has 1 aliphatic carbocycles. The Morgan fingerprint density at radius 1 is 1.12 bits per heavy atom. The Labute approximate surface area is 145 Å². The van der Waals surface area contributed by atoms with E-state index in [2.05, 4.69) is 10.6 Å². The van der Waals surface area contributed by atoms with Crippen LogP contribution in [-0.2, 0) is 14.2 Å². The third-order valence-corrected chi connectivity index (χ3v) is 5.83. The summed E-state index contributed by atoms with van der Waals surface area (Å²) in [6.45, 7) is 5.50. The van der Waals surface area contributed by atoms with E-state index in [4.69, 9.17) is 14.2 Å². The molecular formula is C18H32N2O4. The fraction of sp³-hybridized carbons (Fsp3) is 0.944. The first-order chi connectivity index (χ1) is 11.8. The molecule has 0 aromatic carbocycles. The minimum absolute atomic E-state index is 0.0306. The van der Waals surface area contributed by atoms with Gasteiger partial charge >= 0.3 is 6.03 Å². The Morgan fingerprint density at radius 2 is 2.00 bits per heavy atom. The predicted octanol–water partition coefficient (Wildman–Crippen LogP) is 2.08. The van der Waals surface area contributed by atoms with Gasteiger partial charge < -0.3 is 24.8 Å². The molecule has 0 unspecified atom stereocenters. The Hall–Kier alpha value is -0.850. The zero-order valence-corrected chi connectivity index (χ0v) is 14.7. The van der Waals surface area contributed by atoms with Crippen molar-refractivity contribution in [1.29, 1.82) is 0 Å². The molecule has 2 amide bonds. The summed E-state index contributed by atoms with van der Waals surface area (Å²) in [5, 5.41) is 6.19. The molecule has 6 nitrogen and oxygen atoms in total. The lowest BCUT2D eigenvalue weighted by molar-refractivity contribution is 0.00623. The maximum Gasteiger partial charge on any atom is 0.315 e. The molecule has 2 aliphatic heterocycles. The van der Waals surface area contributed by atoms with Gasteiger partial charge in [0.15, 0.2) is 0 Å². The first kappa shape index (κ1) is 18.0. The van der Waals surface area contributed by atoms with E-state index >= 15 is 0 Å². The van der Waals surface area contributed by atoms with Crippen LogP contribution in [0.3, 0.4) is 0 Å². The number of urea groups is 1. The molecular weight excluding hydrogens is 308 g/mol. The molecule has 2 saturated heterocycles. The smallest absolute Gasteiger partial charge is 0.315 e. The fourth-order valence-corrected chi connectivity index (χ4v) is 4.29. The van der Waals surface area contributed by atoms with Gasteiger partial charge in [-0.25, -0.2) is 4.79 Å². The maximum absolute atomic E-state index is 12.2. The number of carbonyl (C=O) groups excluding carboxylic acids is 1. The molecule has 24 heavy (non-hydrogen) atoms. The van der Waals surface area contributed by atoms with Crippen LogP contribution in [0.1, 0.15) is 44.9 Å². The predicted molar refractivity (Wildman–Crippen MR) is 91.0 cm³/mol. The molecule has 0 aromatic heterocycles. The van der Waals surface area contributed by atoms with Crippen molar-refractivity contribution in [3.8, 4) is 0 Å². The molecule has 0 radical (unpaired) electrons. The highest BCUT2D eigenvalue weighted by Gasteiger charge is 2.44. The van der Waals surface area contributed by atoms with Crippen molar-refractivity contribution in [2.24, 2.45) is 11.3 Å². The number of ether oxygens (including phenoxy) is 3. The highest BCUT2D eigenvalue weighted by Crippen LogP contribution is 2.45. The summed E-state index contributed by atoms with van der Waals surface area (Å²) in [6, 6.07) is 0.275. The summed E-state index contributed by atoms with van der Waals surface area (Å²) in [6.07, 6.45) is 7.65. The van der Waals surface area contributed by atoms with E-state index in [1.165, 1.54) is 12.8 Å². The van der Waals surface area contributed by atoms with Crippen LogP contribution in [0.15, 0.2) is 0 Å². The Kier molecular flexibility index (Phi) is 6.75. The number of carbonyl (C=O) groups is 1. The van der Waals surface area contributed by atoms with Crippen molar-refractivity contribution < 1.29 is 19.0 Å². The second-order valence-corrected chi connectivity index (χ2v) is 7.48. The lowest BCUT2D eigenvalue weighted by atomic mass is 9.75. The second-order valence-electron chi connectivity index (χ2n) is 7.48. The van der Waals surface area contributed by atoms with Crippen LogP contribution < -0.4 is 10.6 Å². The van der Waals surface area contributed by atoms with Gasteiger partial charge in [0.05, 0.1) is 13.2 Å². The molecule has 0 bridgehead atoms. The monoisotopic (exact) mass is 340 g/mol. The summed E-state index contributed by atoms with van der Waals surface area (Å²) in [5.74, 6) is 0.555. The van der Waals surface area contributed by atoms with Crippen LogP contribution in [0.2, 0.25) is 0 Å². The van der Waals surface area contributed by atoms with Gasteiger partial charge in [-0.05, 0) is 43.9 Å². The molecule has 138 valence electrons. The van der Waals surface area contributed by atoms with Gasteiger partial charge in [-0.2, -0.15) is 0 Å². The highest BCUT2D eigenvalue weighted by atomic mass is 16.5. The summed E-state index contributed by atoms with van der Waals surface area (Å²) >= 11 is 0. The summed E-state index contributed by atoms with van der Waals surface area (Å²) in [7, 11) is 0. The van der Waals surface area contributed by atoms with Crippen molar-refractivity contribution in [3.63, 3.8) is 0 Å². The van der Waals surface area contributed by atoms with Crippen molar-refractivity contribution >= 4 is 6.03 Å². The van der Waals surface area contributed by atoms with Crippen LogP contribution >= 0.6 is 0 Å². The molecule has 2 N–H and O–H groups in total. The van der Waals surface area contributed by atoms with Gasteiger partial charge in [0, 0.05) is 44.9 Å². The normalized spacial score (nSPS) is 29.0. The maximum atomic E-state index is 12.2. The third kappa shape index (κ3) is 4.83. The SMILES string of the molecule is O=C(NCCCOC[C@H]1CCOC1)N[C@@H]1CCCC12CCOCC2. The van der Waals surface area contributed by atoms with Gasteiger partial charge in [-0.1, -0.05) is 6.42 Å². The number of hydrogen-bond donors (Lipinski definition) is 2. The first-order valence-electron chi connectivity index (χ1n) is 9.56. The standard InChI is InChI=1S/C18H32N2O4/c21-17(19-8-2-9-23-13-15-4-10-24-14-15)20-16-3-1-5-18(16)6-11-22-12-7-18/h15-16H,1-14H2,(H2,19,20,21)/t15-,16-/m1/s1. The van der Waals surface area contributed by atoms with Crippen molar-refractivity contribution in [2.45, 2.75) is 51.0 Å². The molecule has 3 rings (SSSR count). The van der Waals surface area contributed by atoms with Crippen LogP contribution in [0, 0.1) is 11.3 Å². The van der Waals surface area contributed by atoms with E-state index in [0.29, 0.717) is 25.1 Å². The summed E-state index contributed by atoms with van der Waals surface area (Å²) in [5.41, 5.74) is 0.280. The molecule has 3 aliphatic rings. The van der Waals surface area contributed by atoms with E-state index in [-0.39, 0.29) is 11.4 Å². The van der Waals surface area contributed by atoms with Gasteiger partial charge in [-0.15, -0.1) is 0 Å². The van der Waals surface area contributed by atoms with Crippen LogP contribution in [0.5, 0.6) is 0 Å². The van der Waals surface area contributed by atoms with Gasteiger partial charge in [-0.3, -0.25) is 0 Å². The van der Waals surface area contributed by atoms with E-state index in [1.807, 2.05) is 0 Å². The van der Waals surface area contributed by atoms with Crippen molar-refractivity contribution in [3.05, 3.63) is 0 Å². The third-order valence-electron chi connectivity index (χ3n) is 5.83. The topological polar surface area (TPSA) is 68.8 Å². The largest absolute Gasteiger partial charge is 0.381 e. The zero-order chi connectivity index (χ0) is 16.7. The van der Waals surface area contributed by atoms with Crippen molar-refractivity contribution in [2.75, 3.05) is 46.2 Å². The molecule has 1 spiro atoms. The quantitative estimate of drug-likeness (QED) is 0.696. The molecule has 1 saturated carbocycles. The summed E-state index contributed by atoms with van der Waals surface area (Å²) < 4.78 is 16.5. The second kappa shape index (κ2) is 9.02. The van der Waals surface area contributed by atoms with Crippen molar-refractivity contribution in [1.82, 2.24) is 10.6 Å². The average molecular weight is 340 g/mol. The number of amides is 2. The minimum atomic E-state index is -0.0306. The molecule has 2 atom stereocenters. The Morgan fingerprint density at radius 3 is 2.79 bits per heavy atom. The van der Waals surface area contributed by atoms with E-state index in [0.717, 1.165) is 65.1 Å². The fourth-order valence-electron chi connectivity index (χ4n) is 4.29. The number of rotatable bonds is 7. The van der Waals surface area contributed by atoms with Gasteiger partial charge in [0.1, 0.15) is 0 Å². The first-order valence-corrected chi connectivity index (χ1v) is 9.56. The Bertz CT molecular complexity index is 392. The Balaban J connectivity index is 1.27. The highest BCUT2D eigenvalue weighted by molar-refractivity contribution is 5.74. The molecule has 2 heterocycles. The van der Waals surface area contributed by atoms with E-state index in [9.17, 15) is 4.79 Å². The van der Waals surface area contributed by atoms with Gasteiger partial charge in [0.2, 0.25) is 0 Å². The van der Waals surface area contributed by atoms with E-state index < -0.39 is 0 Å². The van der Waals surface area contributed by atoms with E-state index in [1.54, 1.807) is 0 Å². The van der Waals surface area contributed by atoms with Crippen LogP contribution in [-0.4, -0.2) is 58.3 Å². The van der Waals surface area contributed by atoms with Crippen LogP contribution in [0.25, 0.3) is 0 Å². The average Bonchev–Trinajstić information content (AvgIpc) is 3.23. The molecule has 3 fully saturated rings. The van der Waals surface area contributed by atoms with Gasteiger partial charge in [0.25, 0.3) is 0 Å². The van der Waals surface area contributed by atoms with Crippen LogP contribution in [0.4, 0.5) is 4.79 Å². The lowest BCUT2D eigenvalue weighted by Crippen LogP contribution is -2.50. The number of hydrogen-bond acceptors (Lipinski definition) is 4. The summed E-state index contributed by atoms with van der Waals surface area (Å²) in [4.78, 5) is 12.2. The molecule has 0 aromatic rings.